The maximum atomic E-state index is 12.6. The zero-order chi connectivity index (χ0) is 23.3. The number of allylic oxidation sites excluding steroid dienone is 4. The number of ether oxygens (including phenoxy) is 1. The summed E-state index contributed by atoms with van der Waals surface area (Å²) in [6.07, 6.45) is 4.45. The third-order valence-corrected chi connectivity index (χ3v) is 4.86. The molecule has 0 aliphatic carbocycles. The summed E-state index contributed by atoms with van der Waals surface area (Å²) in [6, 6.07) is 0. The van der Waals surface area contributed by atoms with Crippen LogP contribution in [0.15, 0.2) is 39.3 Å². The molecule has 0 unspecified atom stereocenters. The van der Waals surface area contributed by atoms with Crippen molar-refractivity contribution in [1.82, 2.24) is 14.9 Å². The standard InChI is InChI=1S/C20H27BrClN3O3.C2H6/c1-6-13(4)9-14(5)16(10-22)23-18(27)11-25-19(17(26)12-28-8-3)15(7-2)24-20(25)21;1-2/h6,9-10H,7-8,11-12H2,1-5H3,(H,23,27);1-2H3/b13-6-,14-9-,16-10-;. The van der Waals surface area contributed by atoms with Gasteiger partial charge in [-0.2, -0.15) is 0 Å². The average Bonchev–Trinajstić information content (AvgIpc) is 3.06. The number of ketones is 1. The van der Waals surface area contributed by atoms with Gasteiger partial charge in [-0.15, -0.1) is 0 Å². The SMILES string of the molecule is CC.C\C=C(C)/C=C(C)\C(=C\Cl)NC(=O)Cn1c(Br)nc(CC)c1C(=O)COCC. The summed E-state index contributed by atoms with van der Waals surface area (Å²) in [5, 5.41) is 2.79. The number of hydrogen-bond donors (Lipinski definition) is 1. The largest absolute Gasteiger partial charge is 0.374 e. The molecule has 0 saturated carbocycles. The Morgan fingerprint density at radius 1 is 1.27 bits per heavy atom. The Labute approximate surface area is 193 Å². The van der Waals surface area contributed by atoms with E-state index in [1.807, 2.05) is 60.6 Å². The third-order valence-electron chi connectivity index (χ3n) is 4.04. The van der Waals surface area contributed by atoms with Crippen molar-refractivity contribution >= 4 is 39.2 Å². The molecule has 6 nitrogen and oxygen atoms in total. The number of nitrogens with zero attached hydrogens (tertiary/aromatic N) is 2. The van der Waals surface area contributed by atoms with E-state index >= 15 is 0 Å². The topological polar surface area (TPSA) is 73.2 Å². The second-order valence-corrected chi connectivity index (χ2v) is 7.03. The molecule has 0 aromatic carbocycles. The first-order valence-corrected chi connectivity index (χ1v) is 11.3. The van der Waals surface area contributed by atoms with Gasteiger partial charge < -0.3 is 14.6 Å². The minimum Gasteiger partial charge on any atom is -0.374 e. The molecule has 1 aromatic rings. The zero-order valence-corrected chi connectivity index (χ0v) is 21.3. The quantitative estimate of drug-likeness (QED) is 0.336. The van der Waals surface area contributed by atoms with Crippen molar-refractivity contribution in [3.8, 4) is 0 Å². The van der Waals surface area contributed by atoms with Gasteiger partial charge in [0.1, 0.15) is 18.8 Å². The summed E-state index contributed by atoms with van der Waals surface area (Å²) in [5.41, 5.74) is 4.71. The van der Waals surface area contributed by atoms with Crippen LogP contribution in [0.25, 0.3) is 0 Å². The van der Waals surface area contributed by atoms with Crippen LogP contribution in [0, 0.1) is 0 Å². The fourth-order valence-electron chi connectivity index (χ4n) is 2.49. The Balaban J connectivity index is 0.00000407. The van der Waals surface area contributed by atoms with E-state index < -0.39 is 0 Å². The second-order valence-electron chi connectivity index (χ2n) is 6.11. The van der Waals surface area contributed by atoms with E-state index in [0.717, 1.165) is 11.1 Å². The summed E-state index contributed by atoms with van der Waals surface area (Å²) in [6.45, 7) is 13.8. The fraction of sp³-hybridized carbons (Fsp3) is 0.500. The molecule has 168 valence electrons. The number of nitrogens with one attached hydrogen (secondary N) is 1. The highest BCUT2D eigenvalue weighted by atomic mass is 79.9. The van der Waals surface area contributed by atoms with Gasteiger partial charge in [-0.25, -0.2) is 4.98 Å². The van der Waals surface area contributed by atoms with Crippen LogP contribution in [0.3, 0.4) is 0 Å². The van der Waals surface area contributed by atoms with Gasteiger partial charge in [0.2, 0.25) is 11.7 Å². The number of halogens is 2. The lowest BCUT2D eigenvalue weighted by Crippen LogP contribution is -2.29. The molecule has 0 bridgehead atoms. The van der Waals surface area contributed by atoms with Crippen molar-refractivity contribution in [3.63, 3.8) is 0 Å². The van der Waals surface area contributed by atoms with E-state index in [9.17, 15) is 9.59 Å². The van der Waals surface area contributed by atoms with Crippen LogP contribution in [0.1, 0.15) is 64.6 Å². The van der Waals surface area contributed by atoms with E-state index in [1.165, 1.54) is 5.54 Å². The van der Waals surface area contributed by atoms with E-state index in [0.29, 0.717) is 34.8 Å². The Morgan fingerprint density at radius 3 is 2.40 bits per heavy atom. The second kappa shape index (κ2) is 15.2. The molecule has 8 heteroatoms. The molecule has 0 saturated heterocycles. The number of amides is 1. The highest BCUT2D eigenvalue weighted by molar-refractivity contribution is 9.10. The highest BCUT2D eigenvalue weighted by Crippen LogP contribution is 2.19. The summed E-state index contributed by atoms with van der Waals surface area (Å²) >= 11 is 9.24. The van der Waals surface area contributed by atoms with Gasteiger partial charge in [-0.1, -0.05) is 50.1 Å². The van der Waals surface area contributed by atoms with Crippen LogP contribution >= 0.6 is 27.5 Å². The molecule has 0 aliphatic heterocycles. The normalized spacial score (nSPS) is 12.4. The van der Waals surface area contributed by atoms with Crippen molar-refractivity contribution < 1.29 is 14.3 Å². The lowest BCUT2D eigenvalue weighted by molar-refractivity contribution is -0.120. The summed E-state index contributed by atoms with van der Waals surface area (Å²) in [4.78, 5) is 29.5. The van der Waals surface area contributed by atoms with Crippen LogP contribution in [-0.4, -0.2) is 34.5 Å². The fourth-order valence-corrected chi connectivity index (χ4v) is 3.23. The molecule has 1 amide bonds. The molecule has 0 atom stereocenters. The molecule has 0 spiro atoms. The van der Waals surface area contributed by atoms with E-state index in [-0.39, 0.29) is 24.8 Å². The molecule has 1 N–H and O–H groups in total. The third kappa shape index (κ3) is 8.58. The summed E-state index contributed by atoms with van der Waals surface area (Å²) < 4.78 is 7.21. The van der Waals surface area contributed by atoms with Crippen LogP contribution in [0.2, 0.25) is 0 Å². The van der Waals surface area contributed by atoms with Crippen molar-refractivity contribution in [1.29, 1.82) is 0 Å². The molecule has 1 rings (SSSR count). The molecular formula is C22H33BrClN3O3. The molecular weight excluding hydrogens is 470 g/mol. The van der Waals surface area contributed by atoms with E-state index in [2.05, 4.69) is 26.2 Å². The highest BCUT2D eigenvalue weighted by Gasteiger charge is 2.23. The first kappa shape index (κ1) is 28.3. The number of imidazole rings is 1. The van der Waals surface area contributed by atoms with Crippen molar-refractivity contribution in [3.05, 3.63) is 50.7 Å². The lowest BCUT2D eigenvalue weighted by Gasteiger charge is -2.13. The zero-order valence-electron chi connectivity index (χ0n) is 18.9. The molecule has 0 aliphatic rings. The van der Waals surface area contributed by atoms with Gasteiger partial charge >= 0.3 is 0 Å². The van der Waals surface area contributed by atoms with Gasteiger partial charge in [0, 0.05) is 12.1 Å². The first-order chi connectivity index (χ1) is 14.3. The Kier molecular flexibility index (Phi) is 14.3. The molecule has 1 aromatic heterocycles. The van der Waals surface area contributed by atoms with Crippen LogP contribution in [-0.2, 0) is 22.5 Å². The van der Waals surface area contributed by atoms with Crippen LogP contribution in [0.5, 0.6) is 0 Å². The van der Waals surface area contributed by atoms with Gasteiger partial charge in [0.15, 0.2) is 4.73 Å². The monoisotopic (exact) mass is 501 g/mol. The maximum absolute atomic E-state index is 12.6. The number of Topliss-reactive ketones (excluding diaryl/α,β-unsaturated/α-hetero) is 1. The van der Waals surface area contributed by atoms with Gasteiger partial charge in [0.05, 0.1) is 11.4 Å². The maximum Gasteiger partial charge on any atom is 0.244 e. The van der Waals surface area contributed by atoms with Gasteiger partial charge in [-0.05, 0) is 55.6 Å². The minimum atomic E-state index is -0.316. The average molecular weight is 503 g/mol. The summed E-state index contributed by atoms with van der Waals surface area (Å²) in [5.74, 6) is -0.526. The number of aromatic nitrogens is 2. The smallest absolute Gasteiger partial charge is 0.244 e. The Hall–Kier alpha value is -1.70. The van der Waals surface area contributed by atoms with E-state index in [4.69, 9.17) is 16.3 Å². The predicted octanol–water partition coefficient (Wildman–Crippen LogP) is 5.56. The molecule has 1 heterocycles. The molecule has 30 heavy (non-hydrogen) atoms. The van der Waals surface area contributed by atoms with Crippen molar-refractivity contribution in [2.24, 2.45) is 0 Å². The number of rotatable bonds is 10. The Morgan fingerprint density at radius 2 is 1.90 bits per heavy atom. The number of aryl methyl sites for hydroxylation is 1. The number of hydrogen-bond acceptors (Lipinski definition) is 4. The molecule has 0 radical (unpaired) electrons. The van der Waals surface area contributed by atoms with Crippen LogP contribution in [0.4, 0.5) is 0 Å². The predicted molar refractivity (Wildman–Crippen MR) is 127 cm³/mol. The van der Waals surface area contributed by atoms with E-state index in [1.54, 1.807) is 4.57 Å². The van der Waals surface area contributed by atoms with Crippen LogP contribution < -0.4 is 5.32 Å². The first-order valence-electron chi connectivity index (χ1n) is 10.1. The summed E-state index contributed by atoms with van der Waals surface area (Å²) in [7, 11) is 0. The van der Waals surface area contributed by atoms with Crippen molar-refractivity contribution in [2.75, 3.05) is 13.2 Å². The lowest BCUT2D eigenvalue weighted by atomic mass is 10.1. The van der Waals surface area contributed by atoms with Gasteiger partial charge in [-0.3, -0.25) is 9.59 Å². The number of carbonyl (C=O) groups is 2. The molecule has 0 fully saturated rings. The Bertz CT molecular complexity index is 811. The van der Waals surface area contributed by atoms with Gasteiger partial charge in [0.25, 0.3) is 0 Å². The number of carbonyl (C=O) groups excluding carboxylic acids is 2. The minimum absolute atomic E-state index is 0.0550. The van der Waals surface area contributed by atoms with Crippen molar-refractivity contribution in [2.45, 2.75) is 61.4 Å².